The maximum Gasteiger partial charge on any atom is 0.0481 e. The maximum absolute atomic E-state index is 5.80. The summed E-state index contributed by atoms with van der Waals surface area (Å²) in [7, 11) is 2.02. The van der Waals surface area contributed by atoms with Gasteiger partial charge in [-0.3, -0.25) is 19.6 Å². The van der Waals surface area contributed by atoms with Crippen molar-refractivity contribution in [3.8, 4) is 0 Å². The van der Waals surface area contributed by atoms with Gasteiger partial charge in [-0.1, -0.05) is 13.8 Å². The summed E-state index contributed by atoms with van der Waals surface area (Å²) in [6, 6.07) is 0. The fourth-order valence-corrected chi connectivity index (χ4v) is 4.08. The maximum atomic E-state index is 5.80. The fourth-order valence-electron chi connectivity index (χ4n) is 4.08. The number of nitrogens with two attached hydrogens (primary N) is 4. The average molecular weight is 504 g/mol. The van der Waals surface area contributed by atoms with Crippen LogP contribution in [0.3, 0.4) is 0 Å². The summed E-state index contributed by atoms with van der Waals surface area (Å²) in [5.74, 6) is 0.641. The Morgan fingerprint density at radius 1 is 0.514 bits per heavy atom. The first-order valence-corrected chi connectivity index (χ1v) is 13.8. The quantitative estimate of drug-likeness (QED) is 0.0454. The zero-order valence-corrected chi connectivity index (χ0v) is 23.3. The van der Waals surface area contributed by atoms with Gasteiger partial charge in [0.1, 0.15) is 0 Å². The second-order valence-electron chi connectivity index (χ2n) is 9.66. The lowest BCUT2D eigenvalue weighted by molar-refractivity contribution is 0.175. The van der Waals surface area contributed by atoms with Crippen LogP contribution in [-0.2, 0) is 0 Å². The van der Waals surface area contributed by atoms with E-state index in [0.717, 1.165) is 105 Å². The van der Waals surface area contributed by atoms with Gasteiger partial charge in [0.25, 0.3) is 0 Å². The van der Waals surface area contributed by atoms with Crippen LogP contribution >= 0.6 is 0 Å². The van der Waals surface area contributed by atoms with E-state index < -0.39 is 0 Å². The molecule has 11 nitrogen and oxygen atoms in total. The molecular weight excluding hydrogens is 442 g/mol. The highest BCUT2D eigenvalue weighted by atomic mass is 15.3. The number of hydrogen-bond donors (Lipinski definition) is 7. The molecule has 0 saturated heterocycles. The summed E-state index contributed by atoms with van der Waals surface area (Å²) in [5.41, 5.74) is 23.0. The van der Waals surface area contributed by atoms with E-state index >= 15 is 0 Å². The molecular formula is C24H61N11. The number of rotatable bonds is 27. The highest BCUT2D eigenvalue weighted by Crippen LogP contribution is 1.98. The van der Waals surface area contributed by atoms with Gasteiger partial charge >= 0.3 is 0 Å². The minimum atomic E-state index is 0.641. The minimum Gasteiger partial charge on any atom is -0.329 e. The van der Waals surface area contributed by atoms with Gasteiger partial charge < -0.3 is 38.9 Å². The molecule has 0 unspecified atom stereocenters. The lowest BCUT2D eigenvalue weighted by atomic mass is 10.2. The Bertz CT molecular complexity index is 422. The SMILES string of the molecule is CNCCN(CCN(CCN)CCN)CCN(CCNCCN)CCNCN(CCN)CC(C)C. The van der Waals surface area contributed by atoms with E-state index in [4.69, 9.17) is 22.9 Å². The van der Waals surface area contributed by atoms with E-state index in [1.165, 1.54) is 0 Å². The highest BCUT2D eigenvalue weighted by Gasteiger charge is 2.12. The van der Waals surface area contributed by atoms with Crippen LogP contribution in [-0.4, -0.2) is 158 Å². The zero-order valence-electron chi connectivity index (χ0n) is 23.3. The third-order valence-corrected chi connectivity index (χ3v) is 5.97. The van der Waals surface area contributed by atoms with Crippen molar-refractivity contribution in [3.05, 3.63) is 0 Å². The van der Waals surface area contributed by atoms with Gasteiger partial charge in [0, 0.05) is 131 Å². The second-order valence-corrected chi connectivity index (χ2v) is 9.66. The average Bonchev–Trinajstić information content (AvgIpc) is 2.83. The highest BCUT2D eigenvalue weighted by molar-refractivity contribution is 4.70. The third-order valence-electron chi connectivity index (χ3n) is 5.97. The Morgan fingerprint density at radius 3 is 1.46 bits per heavy atom. The number of hydrogen-bond acceptors (Lipinski definition) is 11. The topological polar surface area (TPSA) is 153 Å². The molecule has 0 amide bonds. The molecule has 0 heterocycles. The lowest BCUT2D eigenvalue weighted by Gasteiger charge is -2.30. The monoisotopic (exact) mass is 504 g/mol. The molecule has 0 aliphatic heterocycles. The van der Waals surface area contributed by atoms with E-state index in [0.29, 0.717) is 32.1 Å². The first kappa shape index (κ1) is 34.6. The second kappa shape index (κ2) is 25.2. The molecule has 0 aliphatic carbocycles. The molecule has 11 heteroatoms. The van der Waals surface area contributed by atoms with Crippen molar-refractivity contribution in [1.29, 1.82) is 0 Å². The van der Waals surface area contributed by atoms with Crippen LogP contribution < -0.4 is 38.9 Å². The molecule has 0 aromatic carbocycles. The van der Waals surface area contributed by atoms with Crippen molar-refractivity contribution < 1.29 is 0 Å². The van der Waals surface area contributed by atoms with Gasteiger partial charge in [-0.15, -0.1) is 0 Å². The number of nitrogens with one attached hydrogen (secondary N) is 3. The molecule has 0 atom stereocenters. The molecule has 0 aromatic rings. The van der Waals surface area contributed by atoms with Crippen LogP contribution in [0.25, 0.3) is 0 Å². The van der Waals surface area contributed by atoms with Gasteiger partial charge in [0.05, 0.1) is 0 Å². The van der Waals surface area contributed by atoms with Crippen molar-refractivity contribution in [3.63, 3.8) is 0 Å². The molecule has 0 bridgehead atoms. The summed E-state index contributed by atoms with van der Waals surface area (Å²) in [6.07, 6.45) is 0. The van der Waals surface area contributed by atoms with Crippen molar-refractivity contribution in [2.75, 3.05) is 138 Å². The van der Waals surface area contributed by atoms with Crippen LogP contribution in [0, 0.1) is 5.92 Å². The van der Waals surface area contributed by atoms with Crippen LogP contribution in [0.4, 0.5) is 0 Å². The number of nitrogens with zero attached hydrogens (tertiary/aromatic N) is 4. The van der Waals surface area contributed by atoms with Crippen LogP contribution in [0.2, 0.25) is 0 Å². The largest absolute Gasteiger partial charge is 0.329 e. The fraction of sp³-hybridized carbons (Fsp3) is 1.00. The Hall–Kier alpha value is -0.440. The number of likely N-dealkylation sites (N-methyl/N-ethyl adjacent to an activating group) is 1. The van der Waals surface area contributed by atoms with Gasteiger partial charge in [-0.2, -0.15) is 0 Å². The van der Waals surface area contributed by atoms with Gasteiger partial charge in [-0.05, 0) is 13.0 Å². The van der Waals surface area contributed by atoms with Crippen LogP contribution in [0.1, 0.15) is 13.8 Å². The van der Waals surface area contributed by atoms with Crippen molar-refractivity contribution in [1.82, 2.24) is 35.6 Å². The normalized spacial score (nSPS) is 12.3. The molecule has 0 aliphatic rings. The van der Waals surface area contributed by atoms with Crippen molar-refractivity contribution >= 4 is 0 Å². The van der Waals surface area contributed by atoms with E-state index in [2.05, 4.69) is 49.4 Å². The lowest BCUT2D eigenvalue weighted by Crippen LogP contribution is -2.46. The van der Waals surface area contributed by atoms with Gasteiger partial charge in [0.15, 0.2) is 0 Å². The molecule has 0 saturated carbocycles. The summed E-state index contributed by atoms with van der Waals surface area (Å²) in [5, 5.41) is 10.4. The zero-order chi connectivity index (χ0) is 26.2. The summed E-state index contributed by atoms with van der Waals surface area (Å²) in [6.45, 7) is 22.9. The summed E-state index contributed by atoms with van der Waals surface area (Å²) in [4.78, 5) is 9.88. The van der Waals surface area contributed by atoms with Crippen LogP contribution in [0.15, 0.2) is 0 Å². The molecule has 0 aromatic heterocycles. The van der Waals surface area contributed by atoms with Crippen molar-refractivity contribution in [2.45, 2.75) is 13.8 Å². The van der Waals surface area contributed by atoms with E-state index in [1.54, 1.807) is 0 Å². The molecule has 212 valence electrons. The predicted octanol–water partition coefficient (Wildman–Crippen LogP) is -2.96. The van der Waals surface area contributed by atoms with E-state index in [1.807, 2.05) is 7.05 Å². The molecule has 0 radical (unpaired) electrons. The molecule has 11 N–H and O–H groups in total. The summed E-state index contributed by atoms with van der Waals surface area (Å²) < 4.78 is 0. The smallest absolute Gasteiger partial charge is 0.0481 e. The standard InChI is InChI=1S/C24H61N11/c1-24(2)22-35(14-7-28)23-31-11-17-33(16-10-30-8-4-25)19-21-34(15-9-29-3)20-18-32(12-5-26)13-6-27/h24,29-31H,4-23,25-28H2,1-3H3. The van der Waals surface area contributed by atoms with E-state index in [-0.39, 0.29) is 0 Å². The minimum absolute atomic E-state index is 0.641. The molecule has 0 rings (SSSR count). The summed E-state index contributed by atoms with van der Waals surface area (Å²) >= 11 is 0. The Morgan fingerprint density at radius 2 is 0.971 bits per heavy atom. The molecule has 0 spiro atoms. The third kappa shape index (κ3) is 21.4. The first-order chi connectivity index (χ1) is 17.0. The Balaban J connectivity index is 4.73. The van der Waals surface area contributed by atoms with Gasteiger partial charge in [-0.25, -0.2) is 0 Å². The first-order valence-electron chi connectivity index (χ1n) is 13.8. The van der Waals surface area contributed by atoms with E-state index in [9.17, 15) is 0 Å². The van der Waals surface area contributed by atoms with Crippen molar-refractivity contribution in [2.24, 2.45) is 28.9 Å². The molecule has 35 heavy (non-hydrogen) atoms. The Labute approximate surface area is 216 Å². The Kier molecular flexibility index (Phi) is 24.9. The predicted molar refractivity (Wildman–Crippen MR) is 152 cm³/mol. The molecule has 0 fully saturated rings. The van der Waals surface area contributed by atoms with Gasteiger partial charge in [0.2, 0.25) is 0 Å². The van der Waals surface area contributed by atoms with Crippen LogP contribution in [0.5, 0.6) is 0 Å².